The molecule has 0 aliphatic carbocycles. The Bertz CT molecular complexity index is 958. The SMILES string of the molecule is C[C@@]1(F)C2OP(=O)(O)OC[C@H]2O[C@@]1(C#N)c1ccc2c(N)ncnn12. The van der Waals surface area contributed by atoms with Gasteiger partial charge in [-0.1, -0.05) is 0 Å². The van der Waals surface area contributed by atoms with Crippen molar-refractivity contribution in [3.05, 3.63) is 24.2 Å². The number of hydrogen-bond acceptors (Lipinski definition) is 8. The molecule has 2 aliphatic rings. The zero-order valence-electron chi connectivity index (χ0n) is 12.9. The molecule has 5 atom stereocenters. The number of phosphoric acid groups is 1. The average molecular weight is 369 g/mol. The molecule has 25 heavy (non-hydrogen) atoms. The van der Waals surface area contributed by atoms with Crippen LogP contribution in [0.3, 0.4) is 0 Å². The summed E-state index contributed by atoms with van der Waals surface area (Å²) >= 11 is 0. The van der Waals surface area contributed by atoms with Gasteiger partial charge in [0, 0.05) is 0 Å². The molecule has 0 saturated carbocycles. The molecule has 0 radical (unpaired) electrons. The van der Waals surface area contributed by atoms with Crippen LogP contribution in [0.4, 0.5) is 10.2 Å². The van der Waals surface area contributed by atoms with E-state index in [1.165, 1.54) is 16.6 Å². The molecule has 2 unspecified atom stereocenters. The van der Waals surface area contributed by atoms with Gasteiger partial charge in [-0.05, 0) is 19.1 Å². The normalized spacial score (nSPS) is 40.7. The number of aromatic nitrogens is 3. The van der Waals surface area contributed by atoms with Crippen molar-refractivity contribution in [2.45, 2.75) is 30.4 Å². The molecule has 0 bridgehead atoms. The van der Waals surface area contributed by atoms with E-state index in [1.807, 2.05) is 6.07 Å². The van der Waals surface area contributed by atoms with Gasteiger partial charge in [-0.2, -0.15) is 10.4 Å². The minimum Gasteiger partial charge on any atom is -0.382 e. The lowest BCUT2D eigenvalue weighted by atomic mass is 9.82. The summed E-state index contributed by atoms with van der Waals surface area (Å²) in [6.45, 7) is 0.692. The molecule has 2 aromatic heterocycles. The van der Waals surface area contributed by atoms with Gasteiger partial charge in [0.05, 0.1) is 12.3 Å². The Morgan fingerprint density at radius 3 is 3.08 bits per heavy atom. The molecule has 0 spiro atoms. The van der Waals surface area contributed by atoms with Crippen LogP contribution >= 0.6 is 7.82 Å². The van der Waals surface area contributed by atoms with Crippen LogP contribution in [0.1, 0.15) is 12.6 Å². The van der Waals surface area contributed by atoms with E-state index in [2.05, 4.69) is 14.6 Å². The number of nitrogens with zero attached hydrogens (tertiary/aromatic N) is 4. The predicted octanol–water partition coefficient (Wildman–Crippen LogP) is 0.673. The molecule has 10 nitrogen and oxygen atoms in total. The number of alkyl halides is 1. The van der Waals surface area contributed by atoms with E-state index < -0.39 is 31.3 Å². The Morgan fingerprint density at radius 2 is 2.36 bits per heavy atom. The van der Waals surface area contributed by atoms with Crippen molar-refractivity contribution in [3.63, 3.8) is 0 Å². The molecule has 2 fully saturated rings. The van der Waals surface area contributed by atoms with Gasteiger partial charge in [-0.3, -0.25) is 9.05 Å². The standard InChI is InChI=1S/C13H13FN5O5P/c1-12(14)10-8(4-22-25(20,21)24-10)23-13(12,5-15)9-3-2-7-11(16)17-6-18-19(7)9/h2-3,6,8,10H,4H2,1H3,(H,20,21)(H2,16,17,18)/t8-,10?,12-,13+/m1/s1. The lowest BCUT2D eigenvalue weighted by Crippen LogP contribution is -2.50. The van der Waals surface area contributed by atoms with Gasteiger partial charge in [-0.15, -0.1) is 0 Å². The number of nitrogens with two attached hydrogens (primary N) is 1. The fourth-order valence-electron chi connectivity index (χ4n) is 3.31. The topological polar surface area (TPSA) is 145 Å². The molecule has 2 aliphatic heterocycles. The fourth-order valence-corrected chi connectivity index (χ4v) is 4.32. The minimum atomic E-state index is -4.42. The van der Waals surface area contributed by atoms with Gasteiger partial charge in [0.1, 0.15) is 30.1 Å². The summed E-state index contributed by atoms with van der Waals surface area (Å²) < 4.78 is 43.9. The smallest absolute Gasteiger partial charge is 0.382 e. The van der Waals surface area contributed by atoms with E-state index >= 15 is 4.39 Å². The molecule has 132 valence electrons. The lowest BCUT2D eigenvalue weighted by Gasteiger charge is -2.33. The van der Waals surface area contributed by atoms with E-state index in [-0.39, 0.29) is 18.1 Å². The number of phosphoric ester groups is 1. The summed E-state index contributed by atoms with van der Waals surface area (Å²) in [7, 11) is -4.42. The van der Waals surface area contributed by atoms with Gasteiger partial charge in [0.25, 0.3) is 0 Å². The van der Waals surface area contributed by atoms with E-state index in [0.717, 1.165) is 13.3 Å². The van der Waals surface area contributed by atoms with Crippen molar-refractivity contribution in [2.24, 2.45) is 0 Å². The molecule has 0 aromatic carbocycles. The van der Waals surface area contributed by atoms with Crippen molar-refractivity contribution >= 4 is 19.2 Å². The predicted molar refractivity (Wildman–Crippen MR) is 79.7 cm³/mol. The van der Waals surface area contributed by atoms with Crippen LogP contribution in [0, 0.1) is 11.3 Å². The Hall–Kier alpha value is -2.09. The Kier molecular flexibility index (Phi) is 3.26. The summed E-state index contributed by atoms with van der Waals surface area (Å²) in [4.78, 5) is 13.3. The molecular weight excluding hydrogens is 356 g/mol. The highest BCUT2D eigenvalue weighted by Crippen LogP contribution is 2.59. The molecule has 4 rings (SSSR count). The molecule has 2 aromatic rings. The van der Waals surface area contributed by atoms with Crippen molar-refractivity contribution < 1.29 is 27.6 Å². The zero-order valence-corrected chi connectivity index (χ0v) is 13.8. The molecule has 0 amide bonds. The quantitative estimate of drug-likeness (QED) is 0.693. The average Bonchev–Trinajstić information content (AvgIpc) is 3.07. The minimum absolute atomic E-state index is 0.0647. The van der Waals surface area contributed by atoms with Crippen LogP contribution < -0.4 is 5.73 Å². The maximum absolute atomic E-state index is 15.8. The van der Waals surface area contributed by atoms with Crippen LogP contribution in [0.2, 0.25) is 0 Å². The fraction of sp³-hybridized carbons (Fsp3) is 0.462. The lowest BCUT2D eigenvalue weighted by molar-refractivity contribution is -0.0761. The molecular formula is C13H13FN5O5P. The van der Waals surface area contributed by atoms with Gasteiger partial charge >= 0.3 is 7.82 Å². The van der Waals surface area contributed by atoms with Crippen LogP contribution in [0.25, 0.3) is 5.52 Å². The monoisotopic (exact) mass is 369 g/mol. The molecule has 4 heterocycles. The third-order valence-corrected chi connectivity index (χ3v) is 5.51. The van der Waals surface area contributed by atoms with Crippen LogP contribution in [-0.2, 0) is 24.0 Å². The van der Waals surface area contributed by atoms with Crippen molar-refractivity contribution in [1.82, 2.24) is 14.6 Å². The maximum Gasteiger partial charge on any atom is 0.472 e. The summed E-state index contributed by atoms with van der Waals surface area (Å²) in [6, 6.07) is 4.81. The Labute approximate surface area is 140 Å². The highest BCUT2D eigenvalue weighted by atomic mass is 31.2. The summed E-state index contributed by atoms with van der Waals surface area (Å²) in [5, 5.41) is 13.8. The van der Waals surface area contributed by atoms with Gasteiger partial charge in [-0.25, -0.2) is 18.5 Å². The number of fused-ring (bicyclic) bond motifs is 2. The first-order valence-corrected chi connectivity index (χ1v) is 8.74. The van der Waals surface area contributed by atoms with Crippen molar-refractivity contribution in [1.29, 1.82) is 5.26 Å². The number of halogens is 1. The van der Waals surface area contributed by atoms with Crippen LogP contribution in [0.5, 0.6) is 0 Å². The second-order valence-corrected chi connectivity index (χ2v) is 7.38. The number of ether oxygens (including phenoxy) is 1. The van der Waals surface area contributed by atoms with E-state index in [9.17, 15) is 14.7 Å². The second-order valence-electron chi connectivity index (χ2n) is 5.98. The molecule has 3 N–H and O–H groups in total. The Balaban J connectivity index is 1.91. The first kappa shape index (κ1) is 16.4. The zero-order chi connectivity index (χ0) is 18.0. The second kappa shape index (κ2) is 4.97. The molecule has 2 saturated heterocycles. The Morgan fingerprint density at radius 1 is 1.60 bits per heavy atom. The molecule has 12 heteroatoms. The van der Waals surface area contributed by atoms with Gasteiger partial charge in [0.15, 0.2) is 11.5 Å². The van der Waals surface area contributed by atoms with E-state index in [0.29, 0.717) is 5.52 Å². The number of nitriles is 1. The van der Waals surface area contributed by atoms with Crippen LogP contribution in [0.15, 0.2) is 18.5 Å². The number of rotatable bonds is 1. The van der Waals surface area contributed by atoms with Crippen molar-refractivity contribution in [3.8, 4) is 6.07 Å². The van der Waals surface area contributed by atoms with E-state index in [1.54, 1.807) is 0 Å². The maximum atomic E-state index is 15.8. The first-order chi connectivity index (χ1) is 11.7. The summed E-state index contributed by atoms with van der Waals surface area (Å²) in [5.41, 5.74) is 1.58. The summed E-state index contributed by atoms with van der Waals surface area (Å²) in [6.07, 6.45) is -1.36. The largest absolute Gasteiger partial charge is 0.472 e. The van der Waals surface area contributed by atoms with Gasteiger partial charge < -0.3 is 15.4 Å². The highest BCUT2D eigenvalue weighted by molar-refractivity contribution is 7.47. The van der Waals surface area contributed by atoms with Gasteiger partial charge in [0.2, 0.25) is 5.60 Å². The first-order valence-electron chi connectivity index (χ1n) is 7.24. The summed E-state index contributed by atoms with van der Waals surface area (Å²) in [5.74, 6) is 0.143. The van der Waals surface area contributed by atoms with Crippen LogP contribution in [-0.4, -0.2) is 44.0 Å². The highest BCUT2D eigenvalue weighted by Gasteiger charge is 2.70. The van der Waals surface area contributed by atoms with E-state index in [4.69, 9.17) is 15.0 Å². The number of anilines is 1. The number of hydrogen-bond donors (Lipinski definition) is 2. The third-order valence-electron chi connectivity index (χ3n) is 4.54. The number of nitrogen functional groups attached to an aromatic ring is 1. The third kappa shape index (κ3) is 2.06. The van der Waals surface area contributed by atoms with Crippen molar-refractivity contribution in [2.75, 3.05) is 12.3 Å².